The molecule has 0 aliphatic carbocycles. The van der Waals surface area contributed by atoms with E-state index in [1.54, 1.807) is 0 Å². The SMILES string of the molecule is c1ccc(-c2cccc(-n3c4ccccc4c4c5oc6ccccc6c5c5c(ccc6oc7ccccc7c65)c43)c2)cc1. The molecule has 3 heterocycles. The fraction of sp³-hybridized carbons (Fsp3) is 0. The van der Waals surface area contributed by atoms with Crippen molar-refractivity contribution in [3.8, 4) is 16.8 Å². The molecule has 0 atom stereocenters. The van der Waals surface area contributed by atoms with Crippen LogP contribution < -0.4 is 0 Å². The lowest BCUT2D eigenvalue weighted by Crippen LogP contribution is -1.95. The van der Waals surface area contributed by atoms with Crippen LogP contribution in [0.25, 0.3) is 93.3 Å². The van der Waals surface area contributed by atoms with Gasteiger partial charge in [0.2, 0.25) is 0 Å². The van der Waals surface area contributed by atoms with Crippen LogP contribution in [-0.4, -0.2) is 4.57 Å². The van der Waals surface area contributed by atoms with E-state index in [4.69, 9.17) is 8.83 Å². The van der Waals surface area contributed by atoms with Gasteiger partial charge >= 0.3 is 0 Å². The van der Waals surface area contributed by atoms with Crippen LogP contribution in [0.4, 0.5) is 0 Å². The summed E-state index contributed by atoms with van der Waals surface area (Å²) in [4.78, 5) is 0. The summed E-state index contributed by atoms with van der Waals surface area (Å²) in [6, 6.07) is 49.2. The highest BCUT2D eigenvalue weighted by atomic mass is 16.3. The molecule has 3 heteroatoms. The van der Waals surface area contributed by atoms with Crippen LogP contribution in [0.5, 0.6) is 0 Å². The molecular formula is C40H23NO2. The largest absolute Gasteiger partial charge is 0.456 e. The molecule has 3 nitrogen and oxygen atoms in total. The molecule has 43 heavy (non-hydrogen) atoms. The lowest BCUT2D eigenvalue weighted by Gasteiger charge is -2.13. The van der Waals surface area contributed by atoms with E-state index in [0.717, 1.165) is 71.4 Å². The molecule has 0 bridgehead atoms. The van der Waals surface area contributed by atoms with Crippen molar-refractivity contribution in [2.75, 3.05) is 0 Å². The maximum Gasteiger partial charge on any atom is 0.146 e. The molecule has 0 aliphatic heterocycles. The predicted octanol–water partition coefficient (Wildman–Crippen LogP) is 11.4. The third-order valence-electron chi connectivity index (χ3n) is 8.96. The number of fused-ring (bicyclic) bond motifs is 14. The summed E-state index contributed by atoms with van der Waals surface area (Å²) in [6.07, 6.45) is 0. The molecule has 0 unspecified atom stereocenters. The summed E-state index contributed by atoms with van der Waals surface area (Å²) in [5.74, 6) is 0. The first-order valence-corrected chi connectivity index (χ1v) is 14.6. The number of hydrogen-bond acceptors (Lipinski definition) is 2. The van der Waals surface area contributed by atoms with E-state index >= 15 is 0 Å². The smallest absolute Gasteiger partial charge is 0.146 e. The fourth-order valence-electron chi connectivity index (χ4n) is 7.19. The van der Waals surface area contributed by atoms with E-state index in [1.165, 1.54) is 21.9 Å². The van der Waals surface area contributed by atoms with Crippen molar-refractivity contribution in [2.24, 2.45) is 0 Å². The average molecular weight is 550 g/mol. The fourth-order valence-corrected chi connectivity index (χ4v) is 7.19. The number of hydrogen-bond donors (Lipinski definition) is 0. The van der Waals surface area contributed by atoms with Gasteiger partial charge in [0.25, 0.3) is 0 Å². The molecule has 0 saturated heterocycles. The minimum Gasteiger partial charge on any atom is -0.456 e. The number of furan rings is 2. The second kappa shape index (κ2) is 8.37. The van der Waals surface area contributed by atoms with Gasteiger partial charge in [-0.1, -0.05) is 97.1 Å². The highest BCUT2D eigenvalue weighted by Gasteiger charge is 2.25. The van der Waals surface area contributed by atoms with E-state index in [0.29, 0.717) is 0 Å². The van der Waals surface area contributed by atoms with E-state index in [9.17, 15) is 0 Å². The standard InChI is InChI=1S/C40H23NO2/c1-2-11-24(12-3-1)25-13-10-14-26(23-25)41-31-18-7-4-15-27(31)38-39(41)30-21-22-34-35(28-16-5-8-19-32(28)42-34)36(30)37-29-17-6-9-20-33(29)43-40(37)38/h1-23H. The number of para-hydroxylation sites is 3. The summed E-state index contributed by atoms with van der Waals surface area (Å²) in [6.45, 7) is 0. The van der Waals surface area contributed by atoms with Crippen molar-refractivity contribution < 1.29 is 8.83 Å². The summed E-state index contributed by atoms with van der Waals surface area (Å²) >= 11 is 0. The molecule has 0 amide bonds. The maximum absolute atomic E-state index is 6.82. The molecule has 0 saturated carbocycles. The third-order valence-corrected chi connectivity index (χ3v) is 8.96. The van der Waals surface area contributed by atoms with Gasteiger partial charge in [-0.2, -0.15) is 0 Å². The van der Waals surface area contributed by atoms with Crippen molar-refractivity contribution in [1.29, 1.82) is 0 Å². The molecule has 7 aromatic carbocycles. The maximum atomic E-state index is 6.82. The average Bonchev–Trinajstić information content (AvgIpc) is 3.75. The van der Waals surface area contributed by atoms with Crippen LogP contribution in [0.1, 0.15) is 0 Å². The van der Waals surface area contributed by atoms with Crippen LogP contribution >= 0.6 is 0 Å². The second-order valence-electron chi connectivity index (χ2n) is 11.3. The van der Waals surface area contributed by atoms with Crippen LogP contribution in [0.2, 0.25) is 0 Å². The lowest BCUT2D eigenvalue weighted by molar-refractivity contribution is 0.669. The van der Waals surface area contributed by atoms with Gasteiger partial charge in [0, 0.05) is 43.4 Å². The molecule has 200 valence electrons. The van der Waals surface area contributed by atoms with Crippen molar-refractivity contribution in [2.45, 2.75) is 0 Å². The van der Waals surface area contributed by atoms with Gasteiger partial charge in [-0.05, 0) is 53.6 Å². The van der Waals surface area contributed by atoms with Crippen molar-refractivity contribution in [3.05, 3.63) is 140 Å². The zero-order valence-electron chi connectivity index (χ0n) is 23.0. The highest BCUT2D eigenvalue weighted by molar-refractivity contribution is 6.40. The summed E-state index contributed by atoms with van der Waals surface area (Å²) in [5.41, 5.74) is 9.35. The Kier molecular flexibility index (Phi) is 4.45. The highest BCUT2D eigenvalue weighted by Crippen LogP contribution is 2.49. The minimum atomic E-state index is 0.883. The summed E-state index contributed by atoms with van der Waals surface area (Å²) in [5, 5.41) is 9.13. The minimum absolute atomic E-state index is 0.883. The van der Waals surface area contributed by atoms with Gasteiger partial charge in [0.15, 0.2) is 0 Å². The Morgan fingerprint density at radius 3 is 1.91 bits per heavy atom. The second-order valence-corrected chi connectivity index (χ2v) is 11.3. The van der Waals surface area contributed by atoms with Gasteiger partial charge in [0.1, 0.15) is 22.3 Å². The van der Waals surface area contributed by atoms with E-state index in [-0.39, 0.29) is 0 Å². The number of rotatable bonds is 2. The Morgan fingerprint density at radius 2 is 1.07 bits per heavy atom. The quantitative estimate of drug-likeness (QED) is 0.215. The Bertz CT molecular complexity index is 2720. The van der Waals surface area contributed by atoms with Gasteiger partial charge in [-0.3, -0.25) is 0 Å². The Hall–Kier alpha value is -5.80. The Balaban J connectivity index is 1.49. The zero-order chi connectivity index (χ0) is 28.1. The van der Waals surface area contributed by atoms with Crippen LogP contribution in [0.3, 0.4) is 0 Å². The first-order valence-electron chi connectivity index (χ1n) is 14.6. The molecule has 0 aliphatic rings. The van der Waals surface area contributed by atoms with Crippen molar-refractivity contribution >= 4 is 76.5 Å². The van der Waals surface area contributed by atoms with Gasteiger partial charge in [0.05, 0.1) is 16.4 Å². The van der Waals surface area contributed by atoms with Crippen LogP contribution in [0, 0.1) is 0 Å². The number of nitrogens with zero attached hydrogens (tertiary/aromatic N) is 1. The molecular weight excluding hydrogens is 526 g/mol. The molecule has 0 fully saturated rings. The first-order chi connectivity index (χ1) is 21.3. The monoisotopic (exact) mass is 549 g/mol. The van der Waals surface area contributed by atoms with Gasteiger partial charge < -0.3 is 13.4 Å². The third kappa shape index (κ3) is 3.03. The van der Waals surface area contributed by atoms with Gasteiger partial charge in [-0.15, -0.1) is 0 Å². The molecule has 0 spiro atoms. The molecule has 10 rings (SSSR count). The molecule has 3 aromatic heterocycles. The molecule has 0 radical (unpaired) electrons. The van der Waals surface area contributed by atoms with Crippen molar-refractivity contribution in [3.63, 3.8) is 0 Å². The van der Waals surface area contributed by atoms with E-state index in [2.05, 4.69) is 132 Å². The predicted molar refractivity (Wildman–Crippen MR) is 178 cm³/mol. The van der Waals surface area contributed by atoms with Crippen LogP contribution in [0.15, 0.2) is 148 Å². The molecule has 0 N–H and O–H groups in total. The topological polar surface area (TPSA) is 31.2 Å². The Morgan fingerprint density at radius 1 is 0.395 bits per heavy atom. The van der Waals surface area contributed by atoms with E-state index in [1.807, 2.05) is 12.1 Å². The number of aromatic nitrogens is 1. The first kappa shape index (κ1) is 22.8. The molecule has 10 aromatic rings. The van der Waals surface area contributed by atoms with Gasteiger partial charge in [-0.25, -0.2) is 0 Å². The lowest BCUT2D eigenvalue weighted by atomic mass is 9.95. The van der Waals surface area contributed by atoms with E-state index < -0.39 is 0 Å². The Labute approximate surface area is 245 Å². The number of benzene rings is 7. The summed E-state index contributed by atoms with van der Waals surface area (Å²) < 4.78 is 15.6. The summed E-state index contributed by atoms with van der Waals surface area (Å²) in [7, 11) is 0. The zero-order valence-corrected chi connectivity index (χ0v) is 23.0. The van der Waals surface area contributed by atoms with Crippen LogP contribution in [-0.2, 0) is 0 Å². The normalized spacial score (nSPS) is 12.2. The van der Waals surface area contributed by atoms with Crippen molar-refractivity contribution in [1.82, 2.24) is 4.57 Å².